The van der Waals surface area contributed by atoms with Crippen LogP contribution in [0.4, 0.5) is 4.39 Å². The summed E-state index contributed by atoms with van der Waals surface area (Å²) in [7, 11) is 0. The topological polar surface area (TPSA) is 20.3 Å². The first-order valence-electron chi connectivity index (χ1n) is 9.57. The number of piperidine rings is 1. The van der Waals surface area contributed by atoms with Gasteiger partial charge in [-0.2, -0.15) is 0 Å². The molecule has 1 aromatic rings. The van der Waals surface area contributed by atoms with Crippen LogP contribution in [0.15, 0.2) is 24.3 Å². The van der Waals surface area contributed by atoms with Crippen LogP contribution >= 0.6 is 12.4 Å². The molecule has 2 fully saturated rings. The van der Waals surface area contributed by atoms with Gasteiger partial charge >= 0.3 is 0 Å². The highest BCUT2D eigenvalue weighted by Crippen LogP contribution is 2.46. The second-order valence-electron chi connectivity index (χ2n) is 8.06. The molecule has 140 valence electrons. The summed E-state index contributed by atoms with van der Waals surface area (Å²) in [6.45, 7) is 5.79. The predicted octanol–water partition coefficient (Wildman–Crippen LogP) is 5.50. The van der Waals surface area contributed by atoms with Gasteiger partial charge in [-0.15, -0.1) is 12.4 Å². The number of carbonyl (C=O) groups excluding carboxylic acids is 1. The summed E-state index contributed by atoms with van der Waals surface area (Å²) in [6.07, 6.45) is 9.80. The molecule has 0 N–H and O–H groups in total. The van der Waals surface area contributed by atoms with Gasteiger partial charge in [-0.3, -0.25) is 4.79 Å². The Hall–Kier alpha value is -0.930. The van der Waals surface area contributed by atoms with Crippen LogP contribution < -0.4 is 0 Å². The molecule has 1 aliphatic carbocycles. The molecule has 0 unspecified atom stereocenters. The molecule has 1 aromatic carbocycles. The normalized spacial score (nSPS) is 21.0. The second kappa shape index (κ2) is 9.14. The molecule has 0 amide bonds. The van der Waals surface area contributed by atoms with Crippen molar-refractivity contribution in [1.29, 1.82) is 0 Å². The number of likely N-dealkylation sites (tertiary alicyclic amines) is 1. The van der Waals surface area contributed by atoms with Crippen LogP contribution in [0.1, 0.15) is 68.6 Å². The highest BCUT2D eigenvalue weighted by atomic mass is 35.5. The van der Waals surface area contributed by atoms with Crippen LogP contribution in [-0.2, 0) is 0 Å². The molecule has 4 heteroatoms. The van der Waals surface area contributed by atoms with Gasteiger partial charge in [-0.1, -0.05) is 19.8 Å². The first kappa shape index (κ1) is 20.4. The summed E-state index contributed by atoms with van der Waals surface area (Å²) in [6, 6.07) is 5.91. The standard InChI is InChI=1S/C21H30FNO.ClH/c1-17-8-10-21(11-9-17)12-15-23(16-13-21)14-2-3-20(24)18-4-6-19(22)7-5-18;/h4-7,17H,2-3,8-16H2,1H3;1H. The van der Waals surface area contributed by atoms with E-state index in [1.165, 1.54) is 63.7 Å². The number of Topliss-reactive ketones (excluding diaryl/α,β-unsaturated/α-hetero) is 1. The van der Waals surface area contributed by atoms with Crippen molar-refractivity contribution in [3.05, 3.63) is 35.6 Å². The first-order chi connectivity index (χ1) is 11.6. The minimum atomic E-state index is -0.286. The summed E-state index contributed by atoms with van der Waals surface area (Å²) in [5.41, 5.74) is 1.26. The van der Waals surface area contributed by atoms with Crippen LogP contribution in [0.25, 0.3) is 0 Å². The molecule has 1 heterocycles. The van der Waals surface area contributed by atoms with Crippen LogP contribution in [0, 0.1) is 17.2 Å². The predicted molar refractivity (Wildman–Crippen MR) is 103 cm³/mol. The third kappa shape index (κ3) is 5.52. The van der Waals surface area contributed by atoms with Gasteiger partial charge < -0.3 is 4.90 Å². The van der Waals surface area contributed by atoms with E-state index >= 15 is 0 Å². The SMILES string of the molecule is CC1CCC2(CC1)CCN(CCCC(=O)c1ccc(F)cc1)CC2.Cl. The van der Waals surface area contributed by atoms with Crippen molar-refractivity contribution in [2.75, 3.05) is 19.6 Å². The Bertz CT molecular complexity index is 542. The van der Waals surface area contributed by atoms with E-state index in [0.29, 0.717) is 17.4 Å². The molecular weight excluding hydrogens is 337 g/mol. The van der Waals surface area contributed by atoms with Gasteiger partial charge in [0.05, 0.1) is 0 Å². The zero-order valence-corrected chi connectivity index (χ0v) is 16.1. The fourth-order valence-corrected chi connectivity index (χ4v) is 4.37. The van der Waals surface area contributed by atoms with Crippen molar-refractivity contribution >= 4 is 18.2 Å². The van der Waals surface area contributed by atoms with Crippen molar-refractivity contribution in [1.82, 2.24) is 4.90 Å². The number of hydrogen-bond donors (Lipinski definition) is 0. The molecule has 1 saturated carbocycles. The van der Waals surface area contributed by atoms with Crippen molar-refractivity contribution in [2.24, 2.45) is 11.3 Å². The zero-order chi connectivity index (χ0) is 17.0. The molecule has 1 aliphatic heterocycles. The van der Waals surface area contributed by atoms with Gasteiger partial charge in [0.25, 0.3) is 0 Å². The number of nitrogens with zero attached hydrogens (tertiary/aromatic N) is 1. The number of rotatable bonds is 5. The van der Waals surface area contributed by atoms with Crippen molar-refractivity contribution in [3.63, 3.8) is 0 Å². The Labute approximate surface area is 157 Å². The molecular formula is C21H31ClFNO. The van der Waals surface area contributed by atoms with E-state index in [1.54, 1.807) is 12.1 Å². The third-order valence-electron chi connectivity index (χ3n) is 6.30. The molecule has 2 aliphatic rings. The van der Waals surface area contributed by atoms with E-state index in [-0.39, 0.29) is 24.0 Å². The summed E-state index contributed by atoms with van der Waals surface area (Å²) in [5.74, 6) is 0.766. The molecule has 1 spiro atoms. The monoisotopic (exact) mass is 367 g/mol. The molecule has 3 rings (SSSR count). The summed E-state index contributed by atoms with van der Waals surface area (Å²) in [5, 5.41) is 0. The Morgan fingerprint density at radius 1 is 1.12 bits per heavy atom. The number of hydrogen-bond acceptors (Lipinski definition) is 2. The molecule has 0 aromatic heterocycles. The first-order valence-corrected chi connectivity index (χ1v) is 9.57. The van der Waals surface area contributed by atoms with Gasteiger partial charge in [-0.25, -0.2) is 4.39 Å². The van der Waals surface area contributed by atoms with E-state index in [2.05, 4.69) is 11.8 Å². The minimum absolute atomic E-state index is 0. The van der Waals surface area contributed by atoms with Crippen molar-refractivity contribution in [3.8, 4) is 0 Å². The van der Waals surface area contributed by atoms with E-state index < -0.39 is 0 Å². The largest absolute Gasteiger partial charge is 0.303 e. The fourth-order valence-electron chi connectivity index (χ4n) is 4.37. The molecule has 25 heavy (non-hydrogen) atoms. The maximum Gasteiger partial charge on any atom is 0.162 e. The summed E-state index contributed by atoms with van der Waals surface area (Å²) < 4.78 is 12.9. The lowest BCUT2D eigenvalue weighted by atomic mass is 9.66. The highest BCUT2D eigenvalue weighted by Gasteiger charge is 2.36. The van der Waals surface area contributed by atoms with Crippen LogP contribution in [-0.4, -0.2) is 30.3 Å². The van der Waals surface area contributed by atoms with Crippen LogP contribution in [0.5, 0.6) is 0 Å². The molecule has 1 saturated heterocycles. The average molecular weight is 368 g/mol. The van der Waals surface area contributed by atoms with Crippen LogP contribution in [0.3, 0.4) is 0 Å². The minimum Gasteiger partial charge on any atom is -0.303 e. The average Bonchev–Trinajstić information content (AvgIpc) is 2.60. The van der Waals surface area contributed by atoms with E-state index in [1.807, 2.05) is 0 Å². The highest BCUT2D eigenvalue weighted by molar-refractivity contribution is 5.95. The lowest BCUT2D eigenvalue weighted by molar-refractivity contribution is 0.0539. The second-order valence-corrected chi connectivity index (χ2v) is 8.06. The Kier molecular flexibility index (Phi) is 7.45. The quantitative estimate of drug-likeness (QED) is 0.640. The molecule has 0 radical (unpaired) electrons. The molecule has 0 atom stereocenters. The fraction of sp³-hybridized carbons (Fsp3) is 0.667. The smallest absolute Gasteiger partial charge is 0.162 e. The van der Waals surface area contributed by atoms with Gasteiger partial charge in [0, 0.05) is 12.0 Å². The van der Waals surface area contributed by atoms with E-state index in [0.717, 1.165) is 18.9 Å². The lowest BCUT2D eigenvalue weighted by Gasteiger charge is -2.45. The Morgan fingerprint density at radius 2 is 1.72 bits per heavy atom. The number of halogens is 2. The third-order valence-corrected chi connectivity index (χ3v) is 6.30. The number of ketones is 1. The van der Waals surface area contributed by atoms with Crippen molar-refractivity contribution in [2.45, 2.75) is 58.3 Å². The van der Waals surface area contributed by atoms with Crippen molar-refractivity contribution < 1.29 is 9.18 Å². The van der Waals surface area contributed by atoms with Gasteiger partial charge in [0.15, 0.2) is 5.78 Å². The summed E-state index contributed by atoms with van der Waals surface area (Å²) in [4.78, 5) is 14.7. The van der Waals surface area contributed by atoms with Crippen LogP contribution in [0.2, 0.25) is 0 Å². The van der Waals surface area contributed by atoms with Gasteiger partial charge in [-0.05, 0) is 87.3 Å². The lowest BCUT2D eigenvalue weighted by Crippen LogP contribution is -2.42. The number of carbonyl (C=O) groups is 1. The molecule has 2 nitrogen and oxygen atoms in total. The maximum atomic E-state index is 12.9. The van der Waals surface area contributed by atoms with Gasteiger partial charge in [0.2, 0.25) is 0 Å². The summed E-state index contributed by atoms with van der Waals surface area (Å²) >= 11 is 0. The molecule has 0 bridgehead atoms. The van der Waals surface area contributed by atoms with E-state index in [4.69, 9.17) is 0 Å². The number of benzene rings is 1. The Balaban J connectivity index is 0.00000225. The Morgan fingerprint density at radius 3 is 2.32 bits per heavy atom. The zero-order valence-electron chi connectivity index (χ0n) is 15.3. The van der Waals surface area contributed by atoms with Gasteiger partial charge in [0.1, 0.15) is 5.82 Å². The van der Waals surface area contributed by atoms with E-state index in [9.17, 15) is 9.18 Å². The maximum absolute atomic E-state index is 12.9.